The fourth-order valence-electron chi connectivity index (χ4n) is 3.77. The van der Waals surface area contributed by atoms with Crippen molar-refractivity contribution in [3.8, 4) is 5.75 Å². The van der Waals surface area contributed by atoms with Gasteiger partial charge in [-0.15, -0.1) is 0 Å². The number of carbonyl (C=O) groups is 1. The third kappa shape index (κ3) is 3.51. The highest BCUT2D eigenvalue weighted by atomic mass is 32.2. The van der Waals surface area contributed by atoms with E-state index in [2.05, 4.69) is 4.98 Å². The lowest BCUT2D eigenvalue weighted by atomic mass is 10.3. The van der Waals surface area contributed by atoms with E-state index in [0.29, 0.717) is 38.2 Å². The Morgan fingerprint density at radius 3 is 2.57 bits per heavy atom. The molecule has 1 saturated heterocycles. The monoisotopic (exact) mass is 404 g/mol. The summed E-state index contributed by atoms with van der Waals surface area (Å²) in [6, 6.07) is 6.44. The van der Waals surface area contributed by atoms with Crippen molar-refractivity contribution in [2.75, 3.05) is 20.2 Å². The van der Waals surface area contributed by atoms with Gasteiger partial charge in [-0.1, -0.05) is 0 Å². The molecule has 2 aliphatic rings. The van der Waals surface area contributed by atoms with E-state index in [9.17, 15) is 13.2 Å². The Labute approximate surface area is 164 Å². The Balaban J connectivity index is 1.59. The highest BCUT2D eigenvalue weighted by molar-refractivity contribution is 7.89. The van der Waals surface area contributed by atoms with Crippen LogP contribution in [-0.4, -0.2) is 53.3 Å². The van der Waals surface area contributed by atoms with E-state index in [1.165, 1.54) is 4.31 Å². The number of carbonyl (C=O) groups excluding carboxylic acids is 1. The molecule has 28 heavy (non-hydrogen) atoms. The van der Waals surface area contributed by atoms with Gasteiger partial charge < -0.3 is 14.2 Å². The number of benzene rings is 1. The van der Waals surface area contributed by atoms with Crippen LogP contribution in [0, 0.1) is 0 Å². The van der Waals surface area contributed by atoms with Gasteiger partial charge in [-0.2, -0.15) is 4.31 Å². The number of sulfonamides is 1. The summed E-state index contributed by atoms with van der Waals surface area (Å²) in [5.41, 5.74) is 1.65. The SMILES string of the molecule is COc1ccc(S(=O)(=O)N2CCCn3cnc(CN4CCCC4=O)c3C2)cc1. The van der Waals surface area contributed by atoms with E-state index >= 15 is 0 Å². The molecule has 1 aromatic carbocycles. The standard InChI is InChI=1S/C19H24N4O4S/c1-27-15-5-7-16(8-6-15)28(25,26)23-11-3-10-22-14-20-17(18(22)13-23)12-21-9-2-4-19(21)24/h5-8,14H,2-4,9-13H2,1H3. The summed E-state index contributed by atoms with van der Waals surface area (Å²) in [4.78, 5) is 18.5. The normalized spacial score (nSPS) is 18.2. The van der Waals surface area contributed by atoms with Gasteiger partial charge in [0.05, 0.1) is 42.8 Å². The minimum Gasteiger partial charge on any atom is -0.497 e. The Morgan fingerprint density at radius 1 is 1.11 bits per heavy atom. The summed E-state index contributed by atoms with van der Waals surface area (Å²) in [6.07, 6.45) is 3.91. The molecule has 0 N–H and O–H groups in total. The lowest BCUT2D eigenvalue weighted by molar-refractivity contribution is -0.128. The van der Waals surface area contributed by atoms with E-state index in [4.69, 9.17) is 4.74 Å². The number of aryl methyl sites for hydroxylation is 1. The van der Waals surface area contributed by atoms with Gasteiger partial charge in [0.2, 0.25) is 15.9 Å². The molecular formula is C19H24N4O4S. The summed E-state index contributed by atoms with van der Waals surface area (Å²) < 4.78 is 35.0. The average molecular weight is 404 g/mol. The number of amides is 1. The third-order valence-corrected chi connectivity index (χ3v) is 7.23. The van der Waals surface area contributed by atoms with Gasteiger partial charge >= 0.3 is 0 Å². The molecule has 4 rings (SSSR count). The minimum atomic E-state index is -3.63. The lowest BCUT2D eigenvalue weighted by Gasteiger charge is -2.21. The Morgan fingerprint density at radius 2 is 1.89 bits per heavy atom. The molecule has 0 radical (unpaired) electrons. The van der Waals surface area contributed by atoms with Crippen LogP contribution in [0.5, 0.6) is 5.75 Å². The molecule has 8 nitrogen and oxygen atoms in total. The molecule has 1 aromatic heterocycles. The molecule has 150 valence electrons. The third-order valence-electron chi connectivity index (χ3n) is 5.37. The molecule has 0 bridgehead atoms. The Hall–Kier alpha value is -2.39. The van der Waals surface area contributed by atoms with Gasteiger partial charge in [-0.05, 0) is 37.1 Å². The highest BCUT2D eigenvalue weighted by Gasteiger charge is 2.30. The van der Waals surface area contributed by atoms with E-state index in [-0.39, 0.29) is 17.3 Å². The van der Waals surface area contributed by atoms with Crippen molar-refractivity contribution < 1.29 is 17.9 Å². The molecule has 9 heteroatoms. The zero-order valence-corrected chi connectivity index (χ0v) is 16.7. The fraction of sp³-hybridized carbons (Fsp3) is 0.474. The van der Waals surface area contributed by atoms with Gasteiger partial charge in [0, 0.05) is 26.1 Å². The molecular weight excluding hydrogens is 380 g/mol. The number of rotatable bonds is 5. The molecule has 2 aliphatic heterocycles. The van der Waals surface area contributed by atoms with Gasteiger partial charge in [0.25, 0.3) is 0 Å². The second kappa shape index (κ2) is 7.56. The van der Waals surface area contributed by atoms with Gasteiger partial charge in [0.15, 0.2) is 0 Å². The molecule has 0 unspecified atom stereocenters. The number of fused-ring (bicyclic) bond motifs is 1. The maximum Gasteiger partial charge on any atom is 0.243 e. The van der Waals surface area contributed by atoms with Crippen LogP contribution in [0.15, 0.2) is 35.5 Å². The molecule has 0 spiro atoms. The van der Waals surface area contributed by atoms with Crippen LogP contribution in [0.1, 0.15) is 30.7 Å². The van der Waals surface area contributed by atoms with Crippen molar-refractivity contribution in [2.45, 2.75) is 43.8 Å². The van der Waals surface area contributed by atoms with E-state index in [1.807, 2.05) is 4.57 Å². The summed E-state index contributed by atoms with van der Waals surface area (Å²) in [6.45, 7) is 2.59. The summed E-state index contributed by atoms with van der Waals surface area (Å²) in [5, 5.41) is 0. The maximum absolute atomic E-state index is 13.2. The van der Waals surface area contributed by atoms with Gasteiger partial charge in [-0.25, -0.2) is 13.4 Å². The second-order valence-electron chi connectivity index (χ2n) is 7.12. The number of ether oxygens (including phenoxy) is 1. The van der Waals surface area contributed by atoms with Crippen LogP contribution in [0.2, 0.25) is 0 Å². The number of imidazole rings is 1. The predicted octanol–water partition coefficient (Wildman–Crippen LogP) is 1.61. The molecule has 1 fully saturated rings. The van der Waals surface area contributed by atoms with Crippen LogP contribution < -0.4 is 4.74 Å². The predicted molar refractivity (Wildman–Crippen MR) is 102 cm³/mol. The number of likely N-dealkylation sites (tertiary alicyclic amines) is 1. The fourth-order valence-corrected chi connectivity index (χ4v) is 5.21. The number of aromatic nitrogens is 2. The number of hydrogen-bond donors (Lipinski definition) is 0. The molecule has 3 heterocycles. The van der Waals surface area contributed by atoms with Gasteiger partial charge in [0.1, 0.15) is 5.75 Å². The van der Waals surface area contributed by atoms with Crippen LogP contribution in [0.25, 0.3) is 0 Å². The zero-order valence-electron chi connectivity index (χ0n) is 15.9. The zero-order chi connectivity index (χ0) is 19.7. The van der Waals surface area contributed by atoms with Crippen molar-refractivity contribution in [2.24, 2.45) is 0 Å². The summed E-state index contributed by atoms with van der Waals surface area (Å²) in [5.74, 6) is 0.753. The smallest absolute Gasteiger partial charge is 0.243 e. The van der Waals surface area contributed by atoms with Crippen molar-refractivity contribution in [3.05, 3.63) is 42.0 Å². The quantitative estimate of drug-likeness (QED) is 0.756. The summed E-state index contributed by atoms with van der Waals surface area (Å²) in [7, 11) is -2.08. The van der Waals surface area contributed by atoms with Crippen molar-refractivity contribution in [3.63, 3.8) is 0 Å². The second-order valence-corrected chi connectivity index (χ2v) is 9.06. The van der Waals surface area contributed by atoms with Crippen LogP contribution in [0.3, 0.4) is 0 Å². The number of methoxy groups -OCH3 is 1. The first-order chi connectivity index (χ1) is 13.5. The molecule has 0 atom stereocenters. The lowest BCUT2D eigenvalue weighted by Crippen LogP contribution is -2.31. The maximum atomic E-state index is 13.2. The van der Waals surface area contributed by atoms with Gasteiger partial charge in [-0.3, -0.25) is 4.79 Å². The Kier molecular flexibility index (Phi) is 5.11. The van der Waals surface area contributed by atoms with E-state index < -0.39 is 10.0 Å². The molecule has 2 aromatic rings. The van der Waals surface area contributed by atoms with Crippen LogP contribution >= 0.6 is 0 Å². The topological polar surface area (TPSA) is 84.7 Å². The molecule has 0 aliphatic carbocycles. The van der Waals surface area contributed by atoms with Crippen molar-refractivity contribution >= 4 is 15.9 Å². The molecule has 0 saturated carbocycles. The van der Waals surface area contributed by atoms with Crippen LogP contribution in [0.4, 0.5) is 0 Å². The largest absolute Gasteiger partial charge is 0.497 e. The number of nitrogens with zero attached hydrogens (tertiary/aromatic N) is 4. The Bertz CT molecular complexity index is 968. The first-order valence-corrected chi connectivity index (χ1v) is 10.9. The van der Waals surface area contributed by atoms with Crippen LogP contribution in [-0.2, 0) is 34.5 Å². The minimum absolute atomic E-state index is 0.137. The average Bonchev–Trinajstić information content (AvgIpc) is 3.20. The first kappa shape index (κ1) is 18.9. The highest BCUT2D eigenvalue weighted by Crippen LogP contribution is 2.25. The molecule has 1 amide bonds. The van der Waals surface area contributed by atoms with E-state index in [0.717, 1.165) is 24.4 Å². The van der Waals surface area contributed by atoms with Crippen molar-refractivity contribution in [1.29, 1.82) is 0 Å². The first-order valence-electron chi connectivity index (χ1n) is 9.44. The number of hydrogen-bond acceptors (Lipinski definition) is 5. The van der Waals surface area contributed by atoms with E-state index in [1.54, 1.807) is 42.6 Å². The van der Waals surface area contributed by atoms with Crippen molar-refractivity contribution in [1.82, 2.24) is 18.8 Å². The summed E-state index contributed by atoms with van der Waals surface area (Å²) >= 11 is 0.